The summed E-state index contributed by atoms with van der Waals surface area (Å²) in [6.07, 6.45) is 0.851. The summed E-state index contributed by atoms with van der Waals surface area (Å²) in [5.74, 6) is -1.35. The number of aryl methyl sites for hydroxylation is 1. The van der Waals surface area contributed by atoms with Gasteiger partial charge in [0.1, 0.15) is 5.82 Å². The molecule has 20 heavy (non-hydrogen) atoms. The van der Waals surface area contributed by atoms with Crippen LogP contribution in [0.1, 0.15) is 43.1 Å². The zero-order valence-electron chi connectivity index (χ0n) is 12.1. The molecule has 0 unspecified atom stereocenters. The first-order chi connectivity index (χ1) is 9.18. The van der Waals surface area contributed by atoms with E-state index in [1.54, 1.807) is 0 Å². The molecule has 0 aliphatic carbocycles. The van der Waals surface area contributed by atoms with Crippen LogP contribution < -0.4 is 5.32 Å². The first-order valence-electron chi connectivity index (χ1n) is 6.40. The summed E-state index contributed by atoms with van der Waals surface area (Å²) in [6, 6.07) is 2.08. The number of carbonyl (C=O) groups is 1. The molecule has 5 nitrogen and oxygen atoms in total. The van der Waals surface area contributed by atoms with Gasteiger partial charge < -0.3 is 5.32 Å². The maximum Gasteiger partial charge on any atom is 0.270 e. The van der Waals surface area contributed by atoms with Crippen molar-refractivity contribution < 1.29 is 14.1 Å². The third-order valence-corrected chi connectivity index (χ3v) is 3.38. The Kier molecular flexibility index (Phi) is 4.81. The SMILES string of the molecule is CCC(C)(C)CNC(=O)c1cc([N+](=O)[O-])cc(C)c1F. The summed E-state index contributed by atoms with van der Waals surface area (Å²) in [5, 5.41) is 13.4. The minimum Gasteiger partial charge on any atom is -0.351 e. The second kappa shape index (κ2) is 5.98. The molecule has 110 valence electrons. The highest BCUT2D eigenvalue weighted by Crippen LogP contribution is 2.22. The van der Waals surface area contributed by atoms with E-state index < -0.39 is 16.6 Å². The number of nitro groups is 1. The van der Waals surface area contributed by atoms with Crippen molar-refractivity contribution in [2.75, 3.05) is 6.54 Å². The Labute approximate surface area is 117 Å². The summed E-state index contributed by atoms with van der Waals surface area (Å²) in [7, 11) is 0. The molecule has 1 N–H and O–H groups in total. The van der Waals surface area contributed by atoms with Gasteiger partial charge in [-0.3, -0.25) is 14.9 Å². The van der Waals surface area contributed by atoms with Crippen molar-refractivity contribution in [1.82, 2.24) is 5.32 Å². The highest BCUT2D eigenvalue weighted by Gasteiger charge is 2.22. The molecule has 1 rings (SSSR count). The lowest BCUT2D eigenvalue weighted by Crippen LogP contribution is -2.34. The molecule has 0 radical (unpaired) electrons. The number of hydrogen-bond donors (Lipinski definition) is 1. The Bertz CT molecular complexity index is 541. The third-order valence-electron chi connectivity index (χ3n) is 3.38. The van der Waals surface area contributed by atoms with Crippen molar-refractivity contribution in [3.8, 4) is 0 Å². The van der Waals surface area contributed by atoms with Crippen molar-refractivity contribution in [3.05, 3.63) is 39.2 Å². The number of nitrogens with zero attached hydrogens (tertiary/aromatic N) is 1. The molecule has 0 fully saturated rings. The van der Waals surface area contributed by atoms with Crippen LogP contribution in [-0.2, 0) is 0 Å². The molecular formula is C14H19FN2O3. The van der Waals surface area contributed by atoms with Gasteiger partial charge in [-0.15, -0.1) is 0 Å². The Balaban J connectivity index is 3.01. The van der Waals surface area contributed by atoms with Gasteiger partial charge in [0.2, 0.25) is 0 Å². The molecule has 0 saturated heterocycles. The molecule has 1 aromatic carbocycles. The minimum atomic E-state index is -0.720. The molecule has 0 saturated carbocycles. The molecule has 0 heterocycles. The van der Waals surface area contributed by atoms with Crippen LogP contribution in [-0.4, -0.2) is 17.4 Å². The molecule has 0 aromatic heterocycles. The van der Waals surface area contributed by atoms with Gasteiger partial charge in [0.05, 0.1) is 10.5 Å². The Morgan fingerprint density at radius 1 is 1.45 bits per heavy atom. The molecule has 6 heteroatoms. The minimum absolute atomic E-state index is 0.0825. The van der Waals surface area contributed by atoms with E-state index in [-0.39, 0.29) is 22.2 Å². The van der Waals surface area contributed by atoms with E-state index in [0.29, 0.717) is 6.54 Å². The van der Waals surface area contributed by atoms with Gasteiger partial charge in [-0.05, 0) is 24.3 Å². The highest BCUT2D eigenvalue weighted by atomic mass is 19.1. The van der Waals surface area contributed by atoms with Crippen LogP contribution in [0.2, 0.25) is 0 Å². The number of rotatable bonds is 5. The monoisotopic (exact) mass is 282 g/mol. The fourth-order valence-electron chi connectivity index (χ4n) is 1.56. The number of nitro benzene ring substituents is 1. The molecule has 0 spiro atoms. The third kappa shape index (κ3) is 3.76. The number of carbonyl (C=O) groups excluding carboxylic acids is 1. The van der Waals surface area contributed by atoms with E-state index in [4.69, 9.17) is 0 Å². The molecular weight excluding hydrogens is 263 g/mol. The van der Waals surface area contributed by atoms with E-state index >= 15 is 0 Å². The summed E-state index contributed by atoms with van der Waals surface area (Å²) in [5.41, 5.74) is -0.603. The predicted molar refractivity (Wildman–Crippen MR) is 74.2 cm³/mol. The molecule has 1 aromatic rings. The first-order valence-corrected chi connectivity index (χ1v) is 6.40. The molecule has 0 aliphatic heterocycles. The largest absolute Gasteiger partial charge is 0.351 e. The van der Waals surface area contributed by atoms with Crippen LogP contribution in [0.15, 0.2) is 12.1 Å². The van der Waals surface area contributed by atoms with Gasteiger partial charge >= 0.3 is 0 Å². The average molecular weight is 282 g/mol. The van der Waals surface area contributed by atoms with Crippen LogP contribution in [0.5, 0.6) is 0 Å². The number of non-ortho nitro benzene ring substituents is 1. The van der Waals surface area contributed by atoms with Gasteiger partial charge in [0, 0.05) is 18.7 Å². The number of hydrogen-bond acceptors (Lipinski definition) is 3. The van der Waals surface area contributed by atoms with Crippen LogP contribution in [0.4, 0.5) is 10.1 Å². The summed E-state index contributed by atoms with van der Waals surface area (Å²) >= 11 is 0. The highest BCUT2D eigenvalue weighted by molar-refractivity contribution is 5.95. The van der Waals surface area contributed by atoms with E-state index in [1.165, 1.54) is 6.92 Å². The lowest BCUT2D eigenvalue weighted by molar-refractivity contribution is -0.385. The standard InChI is InChI=1S/C14H19FN2O3/c1-5-14(3,4)8-16-13(18)11-7-10(17(19)20)6-9(2)12(11)15/h6-7H,5,8H2,1-4H3,(H,16,18). The van der Waals surface area contributed by atoms with Gasteiger partial charge in [0.25, 0.3) is 11.6 Å². The predicted octanol–water partition coefficient (Wildman–Crippen LogP) is 3.21. The Morgan fingerprint density at radius 2 is 2.05 bits per heavy atom. The second-order valence-electron chi connectivity index (χ2n) is 5.58. The lowest BCUT2D eigenvalue weighted by Gasteiger charge is -2.22. The van der Waals surface area contributed by atoms with E-state index in [1.807, 2.05) is 20.8 Å². The van der Waals surface area contributed by atoms with E-state index in [0.717, 1.165) is 18.6 Å². The molecule has 1 amide bonds. The average Bonchev–Trinajstić information content (AvgIpc) is 2.38. The van der Waals surface area contributed by atoms with Gasteiger partial charge in [-0.25, -0.2) is 4.39 Å². The first kappa shape index (κ1) is 16.1. The Hall–Kier alpha value is -1.98. The number of amides is 1. The molecule has 0 atom stereocenters. The summed E-state index contributed by atoms with van der Waals surface area (Å²) in [6.45, 7) is 7.72. The fraction of sp³-hybridized carbons (Fsp3) is 0.500. The topological polar surface area (TPSA) is 72.2 Å². The number of benzene rings is 1. The van der Waals surface area contributed by atoms with Crippen molar-refractivity contribution in [2.45, 2.75) is 34.1 Å². The van der Waals surface area contributed by atoms with E-state index in [2.05, 4.69) is 5.32 Å². The quantitative estimate of drug-likeness (QED) is 0.665. The van der Waals surface area contributed by atoms with E-state index in [9.17, 15) is 19.3 Å². The number of halogens is 1. The van der Waals surface area contributed by atoms with Gasteiger partial charge in [-0.2, -0.15) is 0 Å². The lowest BCUT2D eigenvalue weighted by atomic mass is 9.90. The van der Waals surface area contributed by atoms with Gasteiger partial charge in [-0.1, -0.05) is 20.8 Å². The maximum atomic E-state index is 13.9. The molecule has 0 aliphatic rings. The van der Waals surface area contributed by atoms with Crippen molar-refractivity contribution in [3.63, 3.8) is 0 Å². The fourth-order valence-corrected chi connectivity index (χ4v) is 1.56. The van der Waals surface area contributed by atoms with Crippen molar-refractivity contribution in [2.24, 2.45) is 5.41 Å². The number of nitrogens with one attached hydrogen (secondary N) is 1. The van der Waals surface area contributed by atoms with Crippen molar-refractivity contribution >= 4 is 11.6 Å². The van der Waals surface area contributed by atoms with Crippen LogP contribution in [0.3, 0.4) is 0 Å². The zero-order chi connectivity index (χ0) is 15.5. The van der Waals surface area contributed by atoms with Crippen LogP contribution >= 0.6 is 0 Å². The van der Waals surface area contributed by atoms with Crippen molar-refractivity contribution in [1.29, 1.82) is 0 Å². The summed E-state index contributed by atoms with van der Waals surface area (Å²) < 4.78 is 13.9. The van der Waals surface area contributed by atoms with Crippen LogP contribution in [0, 0.1) is 28.3 Å². The maximum absolute atomic E-state index is 13.9. The second-order valence-corrected chi connectivity index (χ2v) is 5.58. The molecule has 0 bridgehead atoms. The smallest absolute Gasteiger partial charge is 0.270 e. The summed E-state index contributed by atoms with van der Waals surface area (Å²) in [4.78, 5) is 22.1. The normalized spacial score (nSPS) is 11.2. The van der Waals surface area contributed by atoms with Crippen LogP contribution in [0.25, 0.3) is 0 Å². The Morgan fingerprint density at radius 3 is 2.55 bits per heavy atom. The zero-order valence-corrected chi connectivity index (χ0v) is 12.1. The van der Waals surface area contributed by atoms with Gasteiger partial charge in [0.15, 0.2) is 0 Å².